The Labute approximate surface area is 146 Å². The van der Waals surface area contributed by atoms with Crippen LogP contribution in [0.3, 0.4) is 0 Å². The van der Waals surface area contributed by atoms with Crippen molar-refractivity contribution in [3.05, 3.63) is 54.1 Å². The Morgan fingerprint density at radius 3 is 2.28 bits per heavy atom. The molecule has 0 radical (unpaired) electrons. The van der Waals surface area contributed by atoms with Crippen LogP contribution in [0.4, 0.5) is 0 Å². The number of hydroxylamine groups is 1. The first-order valence-corrected chi connectivity index (χ1v) is 7.49. The standard InChI is InChI=1S/C18H21N3O4/c1-5-6-11-19-12(2)14-7-9-15(10-8-14)18(24)21(4)16(13(3)22)17(23)20-25/h5-11,16,25H,2H2,1,3-4H3,(H,20,23)/b6-5-,19-11?. The zero-order valence-corrected chi connectivity index (χ0v) is 14.4. The maximum absolute atomic E-state index is 12.5. The number of nitrogens with zero attached hydrogens (tertiary/aromatic N) is 2. The van der Waals surface area contributed by atoms with Crippen LogP contribution in [0.15, 0.2) is 48.0 Å². The van der Waals surface area contributed by atoms with Crippen molar-refractivity contribution in [2.24, 2.45) is 4.99 Å². The predicted octanol–water partition coefficient (Wildman–Crippen LogP) is 1.84. The highest BCUT2D eigenvalue weighted by molar-refractivity contribution is 6.08. The zero-order valence-electron chi connectivity index (χ0n) is 14.4. The van der Waals surface area contributed by atoms with Gasteiger partial charge >= 0.3 is 0 Å². The number of likely N-dealkylation sites (N-methyl/N-ethyl adjacent to an activating group) is 1. The number of carbonyl (C=O) groups excluding carboxylic acids is 3. The van der Waals surface area contributed by atoms with Gasteiger partial charge in [-0.3, -0.25) is 24.6 Å². The summed E-state index contributed by atoms with van der Waals surface area (Å²) in [4.78, 5) is 40.8. The van der Waals surface area contributed by atoms with Crippen LogP contribution in [0, 0.1) is 0 Å². The second kappa shape index (κ2) is 9.29. The molecule has 0 spiro atoms. The zero-order chi connectivity index (χ0) is 19.0. The van der Waals surface area contributed by atoms with Gasteiger partial charge in [0.15, 0.2) is 11.8 Å². The Hall–Kier alpha value is -3.06. The molecule has 1 aromatic rings. The molecule has 2 amide bonds. The molecule has 1 aromatic carbocycles. The highest BCUT2D eigenvalue weighted by Crippen LogP contribution is 2.16. The van der Waals surface area contributed by atoms with Crippen molar-refractivity contribution < 1.29 is 19.6 Å². The van der Waals surface area contributed by atoms with Crippen molar-refractivity contribution in [3.63, 3.8) is 0 Å². The predicted molar refractivity (Wildman–Crippen MR) is 95.3 cm³/mol. The van der Waals surface area contributed by atoms with Crippen molar-refractivity contribution in [3.8, 4) is 0 Å². The summed E-state index contributed by atoms with van der Waals surface area (Å²) in [5, 5.41) is 8.72. The van der Waals surface area contributed by atoms with Crippen molar-refractivity contribution in [2.75, 3.05) is 7.05 Å². The van der Waals surface area contributed by atoms with Crippen molar-refractivity contribution in [1.82, 2.24) is 10.4 Å². The van der Waals surface area contributed by atoms with Gasteiger partial charge in [0.2, 0.25) is 0 Å². The van der Waals surface area contributed by atoms with Gasteiger partial charge in [0.25, 0.3) is 11.8 Å². The summed E-state index contributed by atoms with van der Waals surface area (Å²) in [6, 6.07) is 5.05. The van der Waals surface area contributed by atoms with E-state index in [9.17, 15) is 14.4 Å². The summed E-state index contributed by atoms with van der Waals surface area (Å²) in [5.74, 6) is -2.06. The third-order valence-electron chi connectivity index (χ3n) is 3.43. The molecule has 1 rings (SSSR count). The topological polar surface area (TPSA) is 99.1 Å². The van der Waals surface area contributed by atoms with Crippen molar-refractivity contribution >= 4 is 29.5 Å². The third-order valence-corrected chi connectivity index (χ3v) is 3.43. The van der Waals surface area contributed by atoms with E-state index in [0.29, 0.717) is 5.70 Å². The van der Waals surface area contributed by atoms with Crippen LogP contribution in [0.5, 0.6) is 0 Å². The smallest absolute Gasteiger partial charge is 0.273 e. The van der Waals surface area contributed by atoms with Crippen LogP contribution in [0.2, 0.25) is 0 Å². The second-order valence-corrected chi connectivity index (χ2v) is 5.23. The first kappa shape index (κ1) is 20.0. The van der Waals surface area contributed by atoms with Crippen LogP contribution in [0.25, 0.3) is 5.70 Å². The fourth-order valence-corrected chi connectivity index (χ4v) is 2.11. The summed E-state index contributed by atoms with van der Waals surface area (Å²) >= 11 is 0. The SMILES string of the molecule is C=C(N=C/C=C\C)c1ccc(C(=O)N(C)C(C(C)=O)C(=O)NO)cc1. The number of nitrogens with one attached hydrogen (secondary N) is 1. The lowest BCUT2D eigenvalue weighted by molar-refractivity contribution is -0.139. The van der Waals surface area contributed by atoms with Gasteiger partial charge < -0.3 is 4.90 Å². The van der Waals surface area contributed by atoms with Crippen LogP contribution in [0.1, 0.15) is 29.8 Å². The maximum Gasteiger partial charge on any atom is 0.273 e. The minimum Gasteiger partial charge on any atom is -0.323 e. The van der Waals surface area contributed by atoms with Crippen LogP contribution in [-0.4, -0.2) is 47.0 Å². The quantitative estimate of drug-likeness (QED) is 0.341. The number of Topliss-reactive ketones (excluding diaryl/α,β-unsaturated/α-hetero) is 1. The normalized spacial score (nSPS) is 12.2. The summed E-state index contributed by atoms with van der Waals surface area (Å²) in [7, 11) is 1.32. The number of hydrogen-bond donors (Lipinski definition) is 2. The molecule has 7 nitrogen and oxygen atoms in total. The van der Waals surface area contributed by atoms with Gasteiger partial charge in [-0.05, 0) is 37.6 Å². The molecule has 0 bridgehead atoms. The Morgan fingerprint density at radius 2 is 1.80 bits per heavy atom. The van der Waals surface area contributed by atoms with Crippen LogP contribution < -0.4 is 5.48 Å². The van der Waals surface area contributed by atoms with Gasteiger partial charge in [-0.15, -0.1) is 0 Å². The largest absolute Gasteiger partial charge is 0.323 e. The molecule has 7 heteroatoms. The summed E-state index contributed by atoms with van der Waals surface area (Å²) in [6.07, 6.45) is 5.22. The van der Waals surface area contributed by atoms with Crippen molar-refractivity contribution in [2.45, 2.75) is 19.9 Å². The lowest BCUT2D eigenvalue weighted by Gasteiger charge is -2.24. The van der Waals surface area contributed by atoms with E-state index in [-0.39, 0.29) is 5.56 Å². The number of benzene rings is 1. The van der Waals surface area contributed by atoms with E-state index in [2.05, 4.69) is 11.6 Å². The monoisotopic (exact) mass is 343 g/mol. The van der Waals surface area contributed by atoms with Gasteiger partial charge in [0.05, 0.1) is 5.70 Å². The average molecular weight is 343 g/mol. The molecule has 0 saturated heterocycles. The molecule has 1 unspecified atom stereocenters. The van der Waals surface area contributed by atoms with Gasteiger partial charge in [-0.2, -0.15) is 0 Å². The van der Waals surface area contributed by atoms with E-state index in [0.717, 1.165) is 10.5 Å². The van der Waals surface area contributed by atoms with E-state index in [4.69, 9.17) is 5.21 Å². The summed E-state index contributed by atoms with van der Waals surface area (Å²) < 4.78 is 0. The minimum atomic E-state index is -1.41. The third kappa shape index (κ3) is 5.22. The maximum atomic E-state index is 12.5. The number of ketones is 1. The highest BCUT2D eigenvalue weighted by Gasteiger charge is 2.31. The molecular formula is C18H21N3O4. The van der Waals surface area contributed by atoms with Crippen molar-refractivity contribution in [1.29, 1.82) is 0 Å². The van der Waals surface area contributed by atoms with E-state index in [1.54, 1.807) is 36.6 Å². The molecule has 0 saturated carbocycles. The van der Waals surface area contributed by atoms with E-state index in [1.165, 1.54) is 19.5 Å². The molecule has 1 atom stereocenters. The molecule has 0 aliphatic carbocycles. The number of allylic oxidation sites excluding steroid dienone is 2. The molecule has 0 heterocycles. The fourth-order valence-electron chi connectivity index (χ4n) is 2.11. The van der Waals surface area contributed by atoms with Crippen LogP contribution >= 0.6 is 0 Å². The summed E-state index contributed by atoms with van der Waals surface area (Å²) in [6.45, 7) is 6.88. The number of rotatable bonds is 7. The Balaban J connectivity index is 2.97. The average Bonchev–Trinajstić information content (AvgIpc) is 2.60. The van der Waals surface area contributed by atoms with Gasteiger partial charge in [-0.25, -0.2) is 5.48 Å². The van der Waals surface area contributed by atoms with E-state index in [1.807, 2.05) is 13.0 Å². The molecular weight excluding hydrogens is 322 g/mol. The number of aliphatic imine (C=N–C) groups is 1. The second-order valence-electron chi connectivity index (χ2n) is 5.23. The van der Waals surface area contributed by atoms with Gasteiger partial charge in [-0.1, -0.05) is 24.8 Å². The minimum absolute atomic E-state index is 0.286. The number of carbonyl (C=O) groups is 3. The van der Waals surface area contributed by atoms with E-state index < -0.39 is 23.6 Å². The molecule has 132 valence electrons. The Bertz CT molecular complexity index is 720. The van der Waals surface area contributed by atoms with E-state index >= 15 is 0 Å². The number of hydrogen-bond acceptors (Lipinski definition) is 5. The Kier molecular flexibility index (Phi) is 7.43. The first-order valence-electron chi connectivity index (χ1n) is 7.49. The van der Waals surface area contributed by atoms with Gasteiger partial charge in [0.1, 0.15) is 0 Å². The van der Waals surface area contributed by atoms with Gasteiger partial charge in [0, 0.05) is 18.8 Å². The molecule has 0 aliphatic rings. The summed E-state index contributed by atoms with van der Waals surface area (Å²) in [5.41, 5.74) is 2.95. The molecule has 0 aliphatic heterocycles. The first-order chi connectivity index (χ1) is 11.8. The lowest BCUT2D eigenvalue weighted by Crippen LogP contribution is -2.50. The van der Waals surface area contributed by atoms with Crippen LogP contribution in [-0.2, 0) is 9.59 Å². The lowest BCUT2D eigenvalue weighted by atomic mass is 10.1. The Morgan fingerprint density at radius 1 is 1.24 bits per heavy atom. The molecule has 0 fully saturated rings. The highest BCUT2D eigenvalue weighted by atomic mass is 16.5. The molecule has 2 N–H and O–H groups in total. The molecule has 25 heavy (non-hydrogen) atoms. The fraction of sp³-hybridized carbons (Fsp3) is 0.222. The molecule has 0 aromatic heterocycles. The number of amides is 2.